The van der Waals surface area contributed by atoms with Crippen molar-refractivity contribution in [3.8, 4) is 0 Å². The fourth-order valence-corrected chi connectivity index (χ4v) is 4.34. The van der Waals surface area contributed by atoms with E-state index in [1.165, 1.54) is 24.6 Å². The number of hydrogen-bond donors (Lipinski definition) is 0. The molecule has 2 rings (SSSR count). The van der Waals surface area contributed by atoms with Gasteiger partial charge in [-0.05, 0) is 50.5 Å². The zero-order chi connectivity index (χ0) is 20.5. The summed E-state index contributed by atoms with van der Waals surface area (Å²) in [4.78, 5) is 28.4. The molecule has 152 valence electrons. The molecular weight excluding hydrogens is 392 g/mol. The number of rotatable bonds is 10. The van der Waals surface area contributed by atoms with E-state index in [2.05, 4.69) is 35.6 Å². The molecule has 1 heterocycles. The fourth-order valence-electron chi connectivity index (χ4n) is 3.03. The molecule has 0 atom stereocenters. The average Bonchev–Trinajstić information content (AvgIpc) is 2.96. The summed E-state index contributed by atoms with van der Waals surface area (Å²) in [5.74, 6) is -0.226. The molecule has 0 saturated carbocycles. The minimum Gasteiger partial charge on any atom is -0.469 e. The number of nitrogens with zero attached hydrogens (tertiary/aromatic N) is 2. The molecule has 0 aromatic heterocycles. The lowest BCUT2D eigenvalue weighted by Crippen LogP contribution is -2.29. The number of methoxy groups -OCH3 is 1. The lowest BCUT2D eigenvalue weighted by molar-refractivity contribution is -0.140. The number of esters is 1. The molecule has 1 aliphatic rings. The smallest absolute Gasteiger partial charge is 0.305 e. The molecule has 0 N–H and O–H groups in total. The van der Waals surface area contributed by atoms with E-state index in [1.807, 2.05) is 18.2 Å². The van der Waals surface area contributed by atoms with Crippen molar-refractivity contribution < 1.29 is 14.3 Å². The first-order valence-electron chi connectivity index (χ1n) is 9.67. The Morgan fingerprint density at radius 2 is 1.86 bits per heavy atom. The maximum atomic E-state index is 12.7. The maximum Gasteiger partial charge on any atom is 0.305 e. The molecule has 0 aliphatic carbocycles. The molecule has 1 aromatic carbocycles. The second-order valence-electron chi connectivity index (χ2n) is 6.48. The largest absolute Gasteiger partial charge is 0.469 e. The van der Waals surface area contributed by atoms with Crippen molar-refractivity contribution in [1.29, 1.82) is 0 Å². The predicted octanol–water partition coefficient (Wildman–Crippen LogP) is 4.47. The molecule has 0 spiro atoms. The first-order valence-corrected chi connectivity index (χ1v) is 10.9. The molecule has 28 heavy (non-hydrogen) atoms. The molecule has 1 fully saturated rings. The van der Waals surface area contributed by atoms with E-state index in [0.29, 0.717) is 22.2 Å². The number of ether oxygens (including phenoxy) is 1. The second-order valence-corrected chi connectivity index (χ2v) is 8.16. The van der Waals surface area contributed by atoms with Crippen LogP contribution in [0.5, 0.6) is 0 Å². The quantitative estimate of drug-likeness (QED) is 0.241. The van der Waals surface area contributed by atoms with Gasteiger partial charge in [-0.3, -0.25) is 14.5 Å². The van der Waals surface area contributed by atoms with Crippen molar-refractivity contribution in [2.45, 2.75) is 39.5 Å². The number of benzene rings is 1. The van der Waals surface area contributed by atoms with Crippen molar-refractivity contribution >= 4 is 51.9 Å². The molecule has 1 aliphatic heterocycles. The van der Waals surface area contributed by atoms with Gasteiger partial charge >= 0.3 is 5.97 Å². The highest BCUT2D eigenvalue weighted by Crippen LogP contribution is 2.33. The Kier molecular flexibility index (Phi) is 8.99. The lowest BCUT2D eigenvalue weighted by atomic mass is 10.1. The number of unbranched alkanes of at least 4 members (excludes halogenated alkanes) is 2. The SMILES string of the molecule is CCN(CC)c1ccc(C=C2SC(=S)N(CCCCCC(=O)OC)C2=O)cc1. The molecule has 0 bridgehead atoms. The normalized spacial score (nSPS) is 15.4. The molecule has 7 heteroatoms. The first-order chi connectivity index (χ1) is 13.5. The summed E-state index contributed by atoms with van der Waals surface area (Å²) in [7, 11) is 1.39. The summed E-state index contributed by atoms with van der Waals surface area (Å²) < 4.78 is 5.23. The van der Waals surface area contributed by atoms with Crippen LogP contribution in [-0.2, 0) is 14.3 Å². The van der Waals surface area contributed by atoms with Gasteiger partial charge in [0.1, 0.15) is 4.32 Å². The monoisotopic (exact) mass is 420 g/mol. The summed E-state index contributed by atoms with van der Waals surface area (Å²) in [5.41, 5.74) is 2.18. The zero-order valence-electron chi connectivity index (χ0n) is 16.8. The summed E-state index contributed by atoms with van der Waals surface area (Å²) >= 11 is 6.73. The summed E-state index contributed by atoms with van der Waals surface area (Å²) in [5, 5.41) is 0. The molecule has 0 radical (unpaired) electrons. The third-order valence-electron chi connectivity index (χ3n) is 4.68. The van der Waals surface area contributed by atoms with E-state index in [9.17, 15) is 9.59 Å². The Balaban J connectivity index is 1.92. The summed E-state index contributed by atoms with van der Waals surface area (Å²) in [6.07, 6.45) is 4.75. The Labute approximate surface area is 177 Å². The maximum absolute atomic E-state index is 12.7. The van der Waals surface area contributed by atoms with Gasteiger partial charge in [0, 0.05) is 31.7 Å². The van der Waals surface area contributed by atoms with Crippen LogP contribution in [0.4, 0.5) is 5.69 Å². The van der Waals surface area contributed by atoms with Crippen molar-refractivity contribution in [3.63, 3.8) is 0 Å². The standard InChI is InChI=1S/C21H28N2O3S2/c1-4-22(5-2)17-12-10-16(11-13-17)15-18-20(25)23(21(27)28-18)14-8-6-7-9-19(24)26-3/h10-13,15H,4-9,14H2,1-3H3. The van der Waals surface area contributed by atoms with Crippen molar-refractivity contribution in [2.24, 2.45) is 0 Å². The van der Waals surface area contributed by atoms with E-state index >= 15 is 0 Å². The highest BCUT2D eigenvalue weighted by molar-refractivity contribution is 8.26. The van der Waals surface area contributed by atoms with Gasteiger partial charge in [0.15, 0.2) is 0 Å². The number of hydrogen-bond acceptors (Lipinski definition) is 6. The van der Waals surface area contributed by atoms with Gasteiger partial charge in [0.05, 0.1) is 12.0 Å². The van der Waals surface area contributed by atoms with Crippen LogP contribution in [0.25, 0.3) is 6.08 Å². The van der Waals surface area contributed by atoms with Crippen LogP contribution in [0.1, 0.15) is 45.1 Å². The molecule has 1 amide bonds. The molecule has 1 saturated heterocycles. The Bertz CT molecular complexity index is 728. The van der Waals surface area contributed by atoms with Gasteiger partial charge < -0.3 is 9.64 Å². The van der Waals surface area contributed by atoms with E-state index in [-0.39, 0.29) is 11.9 Å². The van der Waals surface area contributed by atoms with Crippen molar-refractivity contribution in [3.05, 3.63) is 34.7 Å². The molecule has 1 aromatic rings. The van der Waals surface area contributed by atoms with Gasteiger partial charge in [-0.25, -0.2) is 0 Å². The molecule has 5 nitrogen and oxygen atoms in total. The Hall–Kier alpha value is -1.86. The number of amides is 1. The zero-order valence-corrected chi connectivity index (χ0v) is 18.4. The van der Waals surface area contributed by atoms with E-state index in [4.69, 9.17) is 12.2 Å². The minimum absolute atomic E-state index is 0.0317. The van der Waals surface area contributed by atoms with E-state index < -0.39 is 0 Å². The van der Waals surface area contributed by atoms with Crippen LogP contribution < -0.4 is 4.90 Å². The highest BCUT2D eigenvalue weighted by atomic mass is 32.2. The van der Waals surface area contributed by atoms with Gasteiger partial charge in [0.25, 0.3) is 5.91 Å². The van der Waals surface area contributed by atoms with Gasteiger partial charge in [-0.2, -0.15) is 0 Å². The van der Waals surface area contributed by atoms with Crippen LogP contribution in [0.3, 0.4) is 0 Å². The number of anilines is 1. The Morgan fingerprint density at radius 3 is 2.46 bits per heavy atom. The van der Waals surface area contributed by atoms with Crippen LogP contribution in [0.2, 0.25) is 0 Å². The van der Waals surface area contributed by atoms with Crippen molar-refractivity contribution in [1.82, 2.24) is 4.90 Å². The van der Waals surface area contributed by atoms with Gasteiger partial charge in [-0.15, -0.1) is 0 Å². The first kappa shape index (κ1) is 22.4. The fraction of sp³-hybridized carbons (Fsp3) is 0.476. The minimum atomic E-state index is -0.194. The number of thiocarbonyl (C=S) groups is 1. The number of carbonyl (C=O) groups excluding carboxylic acids is 2. The third-order valence-corrected chi connectivity index (χ3v) is 6.06. The second kappa shape index (κ2) is 11.2. The molecule has 0 unspecified atom stereocenters. The van der Waals surface area contributed by atoms with Crippen LogP contribution in [-0.4, -0.2) is 47.8 Å². The van der Waals surface area contributed by atoms with Gasteiger partial charge in [-0.1, -0.05) is 42.5 Å². The summed E-state index contributed by atoms with van der Waals surface area (Å²) in [6.45, 7) is 6.79. The molecular formula is C21H28N2O3S2. The van der Waals surface area contributed by atoms with E-state index in [0.717, 1.165) is 37.9 Å². The number of thioether (sulfide) groups is 1. The van der Waals surface area contributed by atoms with Crippen LogP contribution in [0, 0.1) is 0 Å². The van der Waals surface area contributed by atoms with Gasteiger partial charge in [0.2, 0.25) is 0 Å². The number of carbonyl (C=O) groups is 2. The van der Waals surface area contributed by atoms with Crippen molar-refractivity contribution in [2.75, 3.05) is 31.6 Å². The average molecular weight is 421 g/mol. The summed E-state index contributed by atoms with van der Waals surface area (Å²) in [6, 6.07) is 8.24. The predicted molar refractivity (Wildman–Crippen MR) is 120 cm³/mol. The van der Waals surface area contributed by atoms with Crippen LogP contribution in [0.15, 0.2) is 29.2 Å². The Morgan fingerprint density at radius 1 is 1.18 bits per heavy atom. The van der Waals surface area contributed by atoms with E-state index in [1.54, 1.807) is 4.90 Å². The lowest BCUT2D eigenvalue weighted by Gasteiger charge is -2.20. The third kappa shape index (κ3) is 6.07. The topological polar surface area (TPSA) is 49.9 Å². The van der Waals surface area contributed by atoms with Crippen LogP contribution >= 0.6 is 24.0 Å². The highest BCUT2D eigenvalue weighted by Gasteiger charge is 2.31.